The van der Waals surface area contributed by atoms with Gasteiger partial charge in [-0.3, -0.25) is 14.4 Å². The lowest BCUT2D eigenvalue weighted by Crippen LogP contribution is -2.57. The first-order chi connectivity index (χ1) is 49.5. The number of halogens is 1. The van der Waals surface area contributed by atoms with Crippen molar-refractivity contribution in [2.75, 3.05) is 45.6 Å². The highest BCUT2D eigenvalue weighted by atomic mass is 127. The highest BCUT2D eigenvalue weighted by Crippen LogP contribution is 2.49. The van der Waals surface area contributed by atoms with E-state index >= 15 is 0 Å². The number of allylic oxidation sites excluding steroid dienone is 6. The van der Waals surface area contributed by atoms with Crippen molar-refractivity contribution in [1.82, 2.24) is 14.7 Å². The summed E-state index contributed by atoms with van der Waals surface area (Å²) in [7, 11) is -7.17. The van der Waals surface area contributed by atoms with Crippen molar-refractivity contribution in [1.29, 1.82) is 0 Å². The number of nitrogens with zero attached hydrogens (tertiary/aromatic N) is 6. The van der Waals surface area contributed by atoms with Crippen LogP contribution in [0.4, 0.5) is 31.4 Å². The van der Waals surface area contributed by atoms with Crippen molar-refractivity contribution < 1.29 is 66.1 Å². The lowest BCUT2D eigenvalue weighted by atomic mass is 10.0. The molecule has 0 aromatic heterocycles. The molecule has 6 heterocycles. The van der Waals surface area contributed by atoms with Gasteiger partial charge in [0.05, 0.1) is 58.5 Å². The maximum Gasteiger partial charge on any atom is 0.416 e. The largest absolute Gasteiger partial charge is 0.508 e. The summed E-state index contributed by atoms with van der Waals surface area (Å²) in [4.78, 5) is 92.1. The molecule has 0 radical (unpaired) electrons. The molecule has 3 aromatic rings. The summed E-state index contributed by atoms with van der Waals surface area (Å²) in [5.41, 5.74) is 8.83. The molecule has 20 nitrogen and oxygen atoms in total. The van der Waals surface area contributed by atoms with E-state index in [2.05, 4.69) is 144 Å². The topological polar surface area (TPSA) is 207 Å². The zero-order chi connectivity index (χ0) is 79.1. The second kappa shape index (κ2) is 34.7. The van der Waals surface area contributed by atoms with Gasteiger partial charge in [-0.15, -0.1) is 0 Å². The van der Waals surface area contributed by atoms with E-state index in [0.717, 1.165) is 44.3 Å². The molecule has 576 valence electrons. The van der Waals surface area contributed by atoms with Gasteiger partial charge in [0, 0.05) is 35.2 Å². The number of rotatable bonds is 19. The van der Waals surface area contributed by atoms with Gasteiger partial charge in [-0.1, -0.05) is 159 Å². The first-order valence-electron chi connectivity index (χ1n) is 36.5. The molecular weight excluding hydrogens is 1500 g/mol. The number of alkyl halides is 1. The third kappa shape index (κ3) is 18.7. The van der Waals surface area contributed by atoms with Crippen molar-refractivity contribution in [3.05, 3.63) is 185 Å². The van der Waals surface area contributed by atoms with Gasteiger partial charge in [0.15, 0.2) is 43.6 Å². The number of benzene rings is 3. The van der Waals surface area contributed by atoms with Gasteiger partial charge in [0.1, 0.15) is 31.3 Å². The van der Waals surface area contributed by atoms with E-state index in [1.54, 1.807) is 49.6 Å². The molecule has 6 amide bonds. The molecule has 0 aliphatic carbocycles. The Kier molecular flexibility index (Phi) is 28.1. The smallest absolute Gasteiger partial charge is 0.416 e. The minimum absolute atomic E-state index is 0.00801. The number of aromatic hydroxyl groups is 1. The summed E-state index contributed by atoms with van der Waals surface area (Å²) in [5.74, 6) is 0.0812. The van der Waals surface area contributed by atoms with Crippen LogP contribution in [0.5, 0.6) is 11.5 Å². The molecule has 106 heavy (non-hydrogen) atoms. The van der Waals surface area contributed by atoms with Crippen LogP contribution in [0, 0.1) is 27.7 Å². The monoisotopic (exact) mass is 1620 g/mol. The minimum atomic E-state index is -2.41. The summed E-state index contributed by atoms with van der Waals surface area (Å²) in [6, 6.07) is 9.24. The van der Waals surface area contributed by atoms with E-state index in [0.29, 0.717) is 65.2 Å². The summed E-state index contributed by atoms with van der Waals surface area (Å²) in [5, 5.41) is 10.2. The van der Waals surface area contributed by atoms with Crippen LogP contribution in [0.1, 0.15) is 162 Å². The average Bonchev–Trinajstić information content (AvgIpc) is 1.60. The number of fused-ring (bicyclic) bond motifs is 6. The SMILES string of the molecule is C=CCOC(=O)N1c2cc(C)c(C)cc2C(=O)N2C=C(/C=C/C)C[C@H]2[C@@H]1O[Si](C)(C)C(C)(C)C.C=CCOC(=O)N1c2cc(O)c(C)cc2C(=O)N2C=C(/C=C/C)C[C@H]2[C@@H]1O[Si](C)(C)C(C)(C)C.C=CCOC(=O)N1c2cc(OCCCI)c(C)cc2C(=O)N2C=C(/C=C/C)C[C@H]2[C@@H]1O[Si](C)(C)C(C)(C)C. The number of anilines is 3. The minimum Gasteiger partial charge on any atom is -0.508 e. The van der Waals surface area contributed by atoms with E-state index < -0.39 is 74.0 Å². The van der Waals surface area contributed by atoms with Gasteiger partial charge in [-0.05, 0) is 192 Å². The molecule has 6 atom stereocenters. The van der Waals surface area contributed by atoms with Crippen LogP contribution in [0.25, 0.3) is 0 Å². The standard InChI is InChI=1S/C29H41IN2O5Si.C27H38N2O4Si.C26H36N2O5Si/c1-9-12-21-17-24-27(37-38(7,8)29(4,5)6)32(28(34)36-14-10-2)23-18-25(35-15-11-13-30)20(3)16-22(23)26(33)31(24)19-21;1-10-12-20-16-23-25(33-34(8,9)27(5,6)7)29(26(31)32-13-11-2)22-15-19(4)18(3)14-21(22)24(30)28(23)17-20;1-9-11-18-14-21-24(33-34(7,8)26(4,5)6)28(25(31)32-12-10-2)20-15-22(29)17(3)13-19(20)23(30)27(21)16-18/h9-10,12,16,18-19,24,27H,2,11,13-15,17H2,1,3-8H3;10-12,14-15,17,23,25H,2,13,16H2,1,3-9H3;9-11,13,15-16,21,24,29H,2,12,14H2,1,3-8H3/b12-9+;12-10+;11-9+/t24-,27-;23-,25-;21-,24-/m000/s1. The summed E-state index contributed by atoms with van der Waals surface area (Å²) in [6.07, 6.45) is 20.6. The molecule has 6 aliphatic heterocycles. The molecule has 3 aromatic carbocycles. The molecule has 9 rings (SSSR count). The maximum atomic E-state index is 14.1. The fraction of sp³-hybridized carbons (Fsp3) is 0.488. The first-order valence-corrected chi connectivity index (χ1v) is 46.8. The van der Waals surface area contributed by atoms with Crippen molar-refractivity contribution >= 4 is 101 Å². The zero-order valence-corrected chi connectivity index (χ0v) is 71.8. The highest BCUT2D eigenvalue weighted by molar-refractivity contribution is 14.1. The van der Waals surface area contributed by atoms with E-state index in [1.807, 2.05) is 115 Å². The Labute approximate surface area is 647 Å². The normalized spacial score (nSPS) is 20.3. The number of hydrogen-bond donors (Lipinski definition) is 1. The maximum absolute atomic E-state index is 14.1. The second-order valence-corrected chi connectivity index (χ2v) is 47.6. The van der Waals surface area contributed by atoms with Crippen LogP contribution in [-0.2, 0) is 27.5 Å². The van der Waals surface area contributed by atoms with E-state index in [-0.39, 0.29) is 70.1 Å². The molecule has 0 unspecified atom stereocenters. The Morgan fingerprint density at radius 2 is 0.792 bits per heavy atom. The van der Waals surface area contributed by atoms with Gasteiger partial charge < -0.3 is 52.0 Å². The fourth-order valence-electron chi connectivity index (χ4n) is 12.4. The van der Waals surface area contributed by atoms with Crippen molar-refractivity contribution in [3.8, 4) is 11.5 Å². The lowest BCUT2D eigenvalue weighted by molar-refractivity contribution is 0.0588. The molecule has 0 fully saturated rings. The average molecular weight is 1620 g/mol. The number of amides is 6. The second-order valence-electron chi connectivity index (χ2n) is 32.2. The van der Waals surface area contributed by atoms with Gasteiger partial charge in [0.25, 0.3) is 17.7 Å². The molecular formula is C82H115IN6O14Si3. The van der Waals surface area contributed by atoms with Crippen LogP contribution in [0.3, 0.4) is 0 Å². The highest BCUT2D eigenvalue weighted by Gasteiger charge is 2.55. The Morgan fingerprint density at radius 1 is 0.491 bits per heavy atom. The molecule has 0 bridgehead atoms. The Bertz CT molecular complexity index is 3870. The molecule has 0 spiro atoms. The van der Waals surface area contributed by atoms with Crippen molar-refractivity contribution in [2.24, 2.45) is 0 Å². The van der Waals surface area contributed by atoms with E-state index in [4.69, 9.17) is 32.2 Å². The Balaban J connectivity index is 0.000000222. The molecule has 24 heteroatoms. The third-order valence-corrected chi connectivity index (χ3v) is 35.5. The van der Waals surface area contributed by atoms with Gasteiger partial charge >= 0.3 is 18.3 Å². The lowest BCUT2D eigenvalue weighted by Gasteiger charge is -2.44. The number of carbonyl (C=O) groups is 6. The summed E-state index contributed by atoms with van der Waals surface area (Å²) in [6.45, 7) is 57.3. The predicted molar refractivity (Wildman–Crippen MR) is 440 cm³/mol. The van der Waals surface area contributed by atoms with Gasteiger partial charge in [-0.25, -0.2) is 29.1 Å². The number of phenols is 1. The van der Waals surface area contributed by atoms with Gasteiger partial charge in [0.2, 0.25) is 0 Å². The number of aryl methyl sites for hydroxylation is 4. The van der Waals surface area contributed by atoms with E-state index in [1.165, 1.54) is 23.1 Å². The summed E-state index contributed by atoms with van der Waals surface area (Å²) < 4.78 is 44.5. The molecule has 1 N–H and O–H groups in total. The molecule has 0 saturated heterocycles. The third-order valence-electron chi connectivity index (χ3n) is 21.4. The predicted octanol–water partition coefficient (Wildman–Crippen LogP) is 19.7. The van der Waals surface area contributed by atoms with Crippen LogP contribution in [0.2, 0.25) is 54.4 Å². The molecule has 6 aliphatic rings. The van der Waals surface area contributed by atoms with E-state index in [9.17, 15) is 33.9 Å². The number of hydrogen-bond acceptors (Lipinski definition) is 14. The quantitative estimate of drug-likeness (QED) is 0.0296. The summed E-state index contributed by atoms with van der Waals surface area (Å²) >= 11 is 2.32. The Hall–Kier alpha value is -7.60. The number of ether oxygens (including phenoxy) is 4. The van der Waals surface area contributed by atoms with Crippen molar-refractivity contribution in [2.45, 2.75) is 228 Å². The van der Waals surface area contributed by atoms with Crippen LogP contribution in [-0.4, -0.2) is 148 Å². The fourth-order valence-corrected chi connectivity index (χ4v) is 16.3. The van der Waals surface area contributed by atoms with Crippen LogP contribution < -0.4 is 19.4 Å². The van der Waals surface area contributed by atoms with Crippen LogP contribution in [0.15, 0.2) is 146 Å². The van der Waals surface area contributed by atoms with Crippen LogP contribution >= 0.6 is 22.6 Å². The first kappa shape index (κ1) is 85.6. The molecule has 0 saturated carbocycles. The van der Waals surface area contributed by atoms with Crippen molar-refractivity contribution in [3.63, 3.8) is 0 Å². The Morgan fingerprint density at radius 3 is 1.10 bits per heavy atom. The zero-order valence-electron chi connectivity index (χ0n) is 66.7. The number of phenolic OH excluding ortho intramolecular Hbond substituents is 1. The van der Waals surface area contributed by atoms with Gasteiger partial charge in [-0.2, -0.15) is 0 Å². The number of carbonyl (C=O) groups excluding carboxylic acids is 6.